The standard InChI is InChI=1S/C10H8BrClN2O2/c11-7-3-6(1-2-8(7)12)14-4-9(15)13-10(16)5-14/h1-3H,4-5H2,(H,13,15,16). The van der Waals surface area contributed by atoms with Crippen LogP contribution in [0.4, 0.5) is 5.69 Å². The van der Waals surface area contributed by atoms with Gasteiger partial charge in [-0.15, -0.1) is 0 Å². The molecule has 1 heterocycles. The summed E-state index contributed by atoms with van der Waals surface area (Å²) in [6.07, 6.45) is 0. The second kappa shape index (κ2) is 4.43. The summed E-state index contributed by atoms with van der Waals surface area (Å²) >= 11 is 9.16. The number of hydrogen-bond acceptors (Lipinski definition) is 3. The number of amides is 2. The molecule has 1 aromatic rings. The first-order chi connectivity index (χ1) is 7.56. The molecule has 4 nitrogen and oxygen atoms in total. The van der Waals surface area contributed by atoms with E-state index >= 15 is 0 Å². The first kappa shape index (κ1) is 11.4. The van der Waals surface area contributed by atoms with Crippen LogP contribution in [0, 0.1) is 0 Å². The van der Waals surface area contributed by atoms with E-state index in [0.717, 1.165) is 10.2 Å². The number of imide groups is 1. The smallest absolute Gasteiger partial charge is 0.246 e. The van der Waals surface area contributed by atoms with Crippen LogP contribution in [0.2, 0.25) is 5.02 Å². The van der Waals surface area contributed by atoms with Crippen molar-refractivity contribution in [2.45, 2.75) is 0 Å². The lowest BCUT2D eigenvalue weighted by Gasteiger charge is -2.27. The van der Waals surface area contributed by atoms with Gasteiger partial charge in [0.15, 0.2) is 0 Å². The Bertz CT molecular complexity index is 448. The minimum Gasteiger partial charge on any atom is -0.353 e. The lowest BCUT2D eigenvalue weighted by Crippen LogP contribution is -2.51. The van der Waals surface area contributed by atoms with Crippen molar-refractivity contribution in [1.82, 2.24) is 5.32 Å². The van der Waals surface area contributed by atoms with E-state index in [2.05, 4.69) is 21.2 Å². The van der Waals surface area contributed by atoms with Crippen LogP contribution in [0.1, 0.15) is 0 Å². The van der Waals surface area contributed by atoms with E-state index in [9.17, 15) is 9.59 Å². The Morgan fingerprint density at radius 2 is 1.88 bits per heavy atom. The van der Waals surface area contributed by atoms with Gasteiger partial charge in [0.2, 0.25) is 11.8 Å². The minimum absolute atomic E-state index is 0.180. The number of nitrogens with zero attached hydrogens (tertiary/aromatic N) is 1. The third-order valence-corrected chi connectivity index (χ3v) is 3.43. The van der Waals surface area contributed by atoms with Crippen LogP contribution >= 0.6 is 27.5 Å². The number of piperazine rings is 1. The summed E-state index contributed by atoms with van der Waals surface area (Å²) in [5.74, 6) is -0.579. The number of rotatable bonds is 1. The van der Waals surface area contributed by atoms with Crippen molar-refractivity contribution in [3.8, 4) is 0 Å². The summed E-state index contributed by atoms with van der Waals surface area (Å²) < 4.78 is 0.741. The van der Waals surface area contributed by atoms with Crippen LogP contribution < -0.4 is 10.2 Å². The molecule has 0 unspecified atom stereocenters. The van der Waals surface area contributed by atoms with E-state index in [1.165, 1.54) is 0 Å². The lowest BCUT2D eigenvalue weighted by molar-refractivity contribution is -0.130. The number of benzene rings is 1. The van der Waals surface area contributed by atoms with Crippen molar-refractivity contribution in [3.63, 3.8) is 0 Å². The molecule has 1 fully saturated rings. The van der Waals surface area contributed by atoms with Crippen LogP contribution in [0.3, 0.4) is 0 Å². The summed E-state index contributed by atoms with van der Waals surface area (Å²) in [6, 6.07) is 5.28. The molecule has 1 N–H and O–H groups in total. The van der Waals surface area contributed by atoms with Crippen LogP contribution in [0.5, 0.6) is 0 Å². The van der Waals surface area contributed by atoms with Gasteiger partial charge in [-0.2, -0.15) is 0 Å². The molecule has 2 rings (SSSR count). The fourth-order valence-electron chi connectivity index (χ4n) is 1.50. The molecule has 0 aromatic heterocycles. The predicted octanol–water partition coefficient (Wildman–Crippen LogP) is 1.57. The van der Waals surface area contributed by atoms with Crippen molar-refractivity contribution < 1.29 is 9.59 Å². The Hall–Kier alpha value is -1.07. The fraction of sp³-hybridized carbons (Fsp3) is 0.200. The number of carbonyl (C=O) groups excluding carboxylic acids is 2. The summed E-state index contributed by atoms with van der Waals surface area (Å²) in [7, 11) is 0. The molecule has 16 heavy (non-hydrogen) atoms. The zero-order valence-electron chi connectivity index (χ0n) is 8.17. The first-order valence-corrected chi connectivity index (χ1v) is 5.76. The quantitative estimate of drug-likeness (QED) is 0.801. The molecular weight excluding hydrogens is 295 g/mol. The molecule has 1 aliphatic heterocycles. The Labute approximate surface area is 106 Å². The third kappa shape index (κ3) is 2.36. The maximum absolute atomic E-state index is 11.2. The van der Waals surface area contributed by atoms with E-state index in [0.29, 0.717) is 5.02 Å². The van der Waals surface area contributed by atoms with Crippen LogP contribution in [-0.2, 0) is 9.59 Å². The molecule has 6 heteroatoms. The van der Waals surface area contributed by atoms with E-state index in [1.54, 1.807) is 23.1 Å². The van der Waals surface area contributed by atoms with E-state index in [4.69, 9.17) is 11.6 Å². The Morgan fingerprint density at radius 3 is 2.44 bits per heavy atom. The van der Waals surface area contributed by atoms with Gasteiger partial charge < -0.3 is 4.90 Å². The second-order valence-electron chi connectivity index (χ2n) is 3.43. The number of nitrogens with one attached hydrogen (secondary N) is 1. The zero-order valence-corrected chi connectivity index (χ0v) is 10.5. The van der Waals surface area contributed by atoms with Gasteiger partial charge in [-0.1, -0.05) is 11.6 Å². The number of anilines is 1. The van der Waals surface area contributed by atoms with Gasteiger partial charge in [0, 0.05) is 10.2 Å². The van der Waals surface area contributed by atoms with E-state index in [-0.39, 0.29) is 24.9 Å². The molecule has 2 amide bonds. The lowest BCUT2D eigenvalue weighted by atomic mass is 10.2. The van der Waals surface area contributed by atoms with Gasteiger partial charge in [-0.05, 0) is 34.1 Å². The first-order valence-electron chi connectivity index (χ1n) is 4.59. The van der Waals surface area contributed by atoms with E-state index in [1.807, 2.05) is 0 Å². The molecule has 1 saturated heterocycles. The van der Waals surface area contributed by atoms with Gasteiger partial charge in [-0.25, -0.2) is 0 Å². The van der Waals surface area contributed by atoms with Gasteiger partial charge in [-0.3, -0.25) is 14.9 Å². The minimum atomic E-state index is -0.290. The summed E-state index contributed by atoms with van der Waals surface area (Å²) in [6.45, 7) is 0.361. The molecule has 0 spiro atoms. The fourth-order valence-corrected chi connectivity index (χ4v) is 1.99. The highest BCUT2D eigenvalue weighted by Crippen LogP contribution is 2.27. The van der Waals surface area contributed by atoms with Crippen molar-refractivity contribution in [1.29, 1.82) is 0 Å². The van der Waals surface area contributed by atoms with Gasteiger partial charge in [0.05, 0.1) is 18.1 Å². The second-order valence-corrected chi connectivity index (χ2v) is 4.69. The SMILES string of the molecule is O=C1CN(c2ccc(Cl)c(Br)c2)CC(=O)N1. The highest BCUT2D eigenvalue weighted by molar-refractivity contribution is 9.10. The van der Waals surface area contributed by atoms with Crippen molar-refractivity contribution in [2.75, 3.05) is 18.0 Å². The normalized spacial score (nSPS) is 16.2. The molecular formula is C10H8BrClN2O2. The molecule has 0 atom stereocenters. The molecule has 84 valence electrons. The number of hydrogen-bond donors (Lipinski definition) is 1. The molecule has 0 bridgehead atoms. The summed E-state index contributed by atoms with van der Waals surface area (Å²) in [5, 5.41) is 2.84. The van der Waals surface area contributed by atoms with Crippen LogP contribution in [-0.4, -0.2) is 24.9 Å². The average Bonchev–Trinajstić information content (AvgIpc) is 2.20. The van der Waals surface area contributed by atoms with Crippen molar-refractivity contribution in [2.24, 2.45) is 0 Å². The Balaban J connectivity index is 2.26. The highest BCUT2D eigenvalue weighted by atomic mass is 79.9. The van der Waals surface area contributed by atoms with Crippen LogP contribution in [0.15, 0.2) is 22.7 Å². The summed E-state index contributed by atoms with van der Waals surface area (Å²) in [5.41, 5.74) is 0.791. The van der Waals surface area contributed by atoms with Gasteiger partial charge >= 0.3 is 0 Å². The largest absolute Gasteiger partial charge is 0.353 e. The topological polar surface area (TPSA) is 49.4 Å². The summed E-state index contributed by atoms with van der Waals surface area (Å²) in [4.78, 5) is 24.1. The van der Waals surface area contributed by atoms with Gasteiger partial charge in [0.25, 0.3) is 0 Å². The maximum atomic E-state index is 11.2. The molecule has 0 radical (unpaired) electrons. The molecule has 0 aliphatic carbocycles. The molecule has 1 aromatic carbocycles. The molecule has 0 saturated carbocycles. The molecule has 1 aliphatic rings. The number of carbonyl (C=O) groups is 2. The van der Waals surface area contributed by atoms with Gasteiger partial charge in [0.1, 0.15) is 0 Å². The number of halogens is 2. The van der Waals surface area contributed by atoms with Crippen molar-refractivity contribution in [3.05, 3.63) is 27.7 Å². The maximum Gasteiger partial charge on any atom is 0.246 e. The Kier molecular flexibility index (Phi) is 3.16. The highest BCUT2D eigenvalue weighted by Gasteiger charge is 2.22. The third-order valence-electron chi connectivity index (χ3n) is 2.22. The average molecular weight is 304 g/mol. The predicted molar refractivity (Wildman–Crippen MR) is 64.5 cm³/mol. The zero-order chi connectivity index (χ0) is 11.7. The van der Waals surface area contributed by atoms with Crippen LogP contribution in [0.25, 0.3) is 0 Å². The monoisotopic (exact) mass is 302 g/mol. The van der Waals surface area contributed by atoms with E-state index < -0.39 is 0 Å². The Morgan fingerprint density at radius 1 is 1.25 bits per heavy atom. The van der Waals surface area contributed by atoms with Crippen molar-refractivity contribution >= 4 is 45.0 Å².